The van der Waals surface area contributed by atoms with Crippen molar-refractivity contribution in [2.45, 2.75) is 45.4 Å². The number of rotatable bonds is 5. The number of carbonyl (C=O) groups is 1. The Bertz CT molecular complexity index is 819. The van der Waals surface area contributed by atoms with Crippen molar-refractivity contribution in [2.75, 3.05) is 4.31 Å². The fourth-order valence-corrected chi connectivity index (χ4v) is 3.95. The van der Waals surface area contributed by atoms with Gasteiger partial charge < -0.3 is 0 Å². The van der Waals surface area contributed by atoms with Crippen molar-refractivity contribution in [2.24, 2.45) is 5.41 Å². The van der Waals surface area contributed by atoms with E-state index in [1.165, 1.54) is 12.1 Å². The molecule has 134 valence electrons. The van der Waals surface area contributed by atoms with Crippen molar-refractivity contribution in [3.05, 3.63) is 60.2 Å². The highest BCUT2D eigenvalue weighted by Gasteiger charge is 2.32. The van der Waals surface area contributed by atoms with Crippen LogP contribution in [0.4, 0.5) is 5.69 Å². The van der Waals surface area contributed by atoms with Gasteiger partial charge >= 0.3 is 0 Å². The van der Waals surface area contributed by atoms with Crippen LogP contribution in [0.1, 0.15) is 39.7 Å². The number of hydrogen-bond acceptors (Lipinski definition) is 3. The number of benzene rings is 2. The van der Waals surface area contributed by atoms with Crippen LogP contribution >= 0.6 is 0 Å². The van der Waals surface area contributed by atoms with Crippen LogP contribution in [0.25, 0.3) is 0 Å². The molecule has 0 atom stereocenters. The molecule has 0 N–H and O–H groups in total. The Morgan fingerprint density at radius 2 is 1.52 bits per heavy atom. The van der Waals surface area contributed by atoms with Crippen LogP contribution in [0.5, 0.6) is 0 Å². The highest BCUT2D eigenvalue weighted by Crippen LogP contribution is 2.28. The Hall–Kier alpha value is -2.14. The molecule has 0 unspecified atom stereocenters. The van der Waals surface area contributed by atoms with E-state index >= 15 is 0 Å². The topological polar surface area (TPSA) is 54.5 Å². The molecule has 0 saturated heterocycles. The molecular weight excluding hydrogens is 334 g/mol. The van der Waals surface area contributed by atoms with E-state index in [1.807, 2.05) is 39.8 Å². The van der Waals surface area contributed by atoms with Gasteiger partial charge in [0.15, 0.2) is 0 Å². The molecule has 0 fully saturated rings. The predicted molar refractivity (Wildman–Crippen MR) is 101 cm³/mol. The molecule has 25 heavy (non-hydrogen) atoms. The van der Waals surface area contributed by atoms with Crippen molar-refractivity contribution in [1.82, 2.24) is 0 Å². The molecule has 0 saturated carbocycles. The standard InChI is InChI=1S/C20H25NO3S/c1-5-16-11-13-17(14-12-16)21(19(22)15-20(2,3)4)25(23,24)18-9-7-6-8-10-18/h6-14H,5,15H2,1-4H3. The molecule has 0 spiro atoms. The average Bonchev–Trinajstić information content (AvgIpc) is 2.54. The van der Waals surface area contributed by atoms with Gasteiger partial charge in [-0.1, -0.05) is 58.0 Å². The minimum absolute atomic E-state index is 0.108. The average molecular weight is 359 g/mol. The third-order valence-corrected chi connectivity index (χ3v) is 5.53. The monoisotopic (exact) mass is 359 g/mol. The van der Waals surface area contributed by atoms with Gasteiger partial charge in [-0.05, 0) is 41.7 Å². The fraction of sp³-hybridized carbons (Fsp3) is 0.350. The normalized spacial score (nSPS) is 12.0. The number of carbonyl (C=O) groups excluding carboxylic acids is 1. The molecule has 2 aromatic rings. The van der Waals surface area contributed by atoms with Gasteiger partial charge in [-0.25, -0.2) is 12.7 Å². The molecule has 1 amide bonds. The summed E-state index contributed by atoms with van der Waals surface area (Å²) in [6, 6.07) is 15.2. The Morgan fingerprint density at radius 1 is 0.960 bits per heavy atom. The van der Waals surface area contributed by atoms with Gasteiger partial charge in [-0.15, -0.1) is 0 Å². The first-order chi connectivity index (χ1) is 11.6. The number of sulfonamides is 1. The van der Waals surface area contributed by atoms with Crippen molar-refractivity contribution >= 4 is 21.6 Å². The van der Waals surface area contributed by atoms with Crippen LogP contribution in [0.15, 0.2) is 59.5 Å². The molecule has 0 aliphatic heterocycles. The van der Waals surface area contributed by atoms with Gasteiger partial charge in [0.05, 0.1) is 10.6 Å². The highest BCUT2D eigenvalue weighted by molar-refractivity contribution is 7.93. The molecule has 2 rings (SSSR count). The molecule has 0 aliphatic carbocycles. The Morgan fingerprint density at radius 3 is 2.00 bits per heavy atom. The van der Waals surface area contributed by atoms with Crippen LogP contribution in [-0.2, 0) is 21.2 Å². The van der Waals surface area contributed by atoms with Crippen molar-refractivity contribution in [3.63, 3.8) is 0 Å². The van der Waals surface area contributed by atoms with E-state index < -0.39 is 15.9 Å². The first-order valence-electron chi connectivity index (χ1n) is 8.37. The lowest BCUT2D eigenvalue weighted by Crippen LogP contribution is -2.38. The zero-order valence-corrected chi connectivity index (χ0v) is 16.0. The summed E-state index contributed by atoms with van der Waals surface area (Å²) in [6.45, 7) is 7.77. The van der Waals surface area contributed by atoms with Gasteiger partial charge in [-0.3, -0.25) is 4.79 Å². The second-order valence-electron chi connectivity index (χ2n) is 7.23. The predicted octanol–water partition coefficient (Wildman–Crippen LogP) is 4.41. The van der Waals surface area contributed by atoms with E-state index in [1.54, 1.807) is 30.3 Å². The summed E-state index contributed by atoms with van der Waals surface area (Å²) in [7, 11) is -3.96. The lowest BCUT2D eigenvalue weighted by Gasteiger charge is -2.26. The van der Waals surface area contributed by atoms with Crippen LogP contribution in [0.2, 0.25) is 0 Å². The second-order valence-corrected chi connectivity index (χ2v) is 9.02. The van der Waals surface area contributed by atoms with E-state index in [-0.39, 0.29) is 16.7 Å². The SMILES string of the molecule is CCc1ccc(N(C(=O)CC(C)(C)C)S(=O)(=O)c2ccccc2)cc1. The van der Waals surface area contributed by atoms with Crippen molar-refractivity contribution in [1.29, 1.82) is 0 Å². The number of anilines is 1. The lowest BCUT2D eigenvalue weighted by atomic mass is 9.92. The van der Waals surface area contributed by atoms with Gasteiger partial charge in [0.1, 0.15) is 0 Å². The number of hydrogen-bond donors (Lipinski definition) is 0. The summed E-state index contributed by atoms with van der Waals surface area (Å²) in [5.74, 6) is -0.430. The zero-order chi connectivity index (χ0) is 18.7. The summed E-state index contributed by atoms with van der Waals surface area (Å²) in [5, 5.41) is 0. The third kappa shape index (κ3) is 4.69. The van der Waals surface area contributed by atoms with Crippen molar-refractivity contribution in [3.8, 4) is 0 Å². The summed E-state index contributed by atoms with van der Waals surface area (Å²) < 4.78 is 27.2. The molecule has 0 bridgehead atoms. The lowest BCUT2D eigenvalue weighted by molar-refractivity contribution is -0.119. The molecule has 0 aliphatic rings. The highest BCUT2D eigenvalue weighted by atomic mass is 32.2. The maximum absolute atomic E-state index is 13.1. The van der Waals surface area contributed by atoms with Crippen LogP contribution in [-0.4, -0.2) is 14.3 Å². The molecule has 5 heteroatoms. The maximum atomic E-state index is 13.1. The first-order valence-corrected chi connectivity index (χ1v) is 9.81. The van der Waals surface area contributed by atoms with E-state index in [9.17, 15) is 13.2 Å². The Balaban J connectivity index is 2.53. The summed E-state index contributed by atoms with van der Waals surface area (Å²) in [5.41, 5.74) is 1.14. The Kier molecular flexibility index (Phi) is 5.68. The Labute approximate surface area is 150 Å². The zero-order valence-electron chi connectivity index (χ0n) is 15.2. The van der Waals surface area contributed by atoms with E-state index in [2.05, 4.69) is 0 Å². The van der Waals surface area contributed by atoms with E-state index in [0.717, 1.165) is 16.3 Å². The molecule has 0 aromatic heterocycles. The first kappa shape index (κ1) is 19.2. The number of aryl methyl sites for hydroxylation is 1. The summed E-state index contributed by atoms with van der Waals surface area (Å²) in [4.78, 5) is 13.0. The van der Waals surface area contributed by atoms with E-state index in [4.69, 9.17) is 0 Å². The molecule has 4 nitrogen and oxygen atoms in total. The smallest absolute Gasteiger partial charge is 0.270 e. The van der Waals surface area contributed by atoms with Gasteiger partial charge in [0.2, 0.25) is 5.91 Å². The molecular formula is C20H25NO3S. The number of amides is 1. The summed E-state index contributed by atoms with van der Waals surface area (Å²) >= 11 is 0. The molecule has 2 aromatic carbocycles. The minimum atomic E-state index is -3.96. The van der Waals surface area contributed by atoms with Gasteiger partial charge in [-0.2, -0.15) is 0 Å². The van der Waals surface area contributed by atoms with Crippen molar-refractivity contribution < 1.29 is 13.2 Å². The van der Waals surface area contributed by atoms with Gasteiger partial charge in [0, 0.05) is 6.42 Å². The fourth-order valence-electron chi connectivity index (χ4n) is 2.51. The van der Waals surface area contributed by atoms with Crippen LogP contribution < -0.4 is 4.31 Å². The third-order valence-electron chi connectivity index (χ3n) is 3.77. The van der Waals surface area contributed by atoms with Gasteiger partial charge in [0.25, 0.3) is 10.0 Å². The van der Waals surface area contributed by atoms with Crippen LogP contribution in [0.3, 0.4) is 0 Å². The molecule has 0 radical (unpaired) electrons. The van der Waals surface area contributed by atoms with Crippen LogP contribution in [0, 0.1) is 5.41 Å². The molecule has 0 heterocycles. The minimum Gasteiger partial charge on any atom is -0.273 e. The maximum Gasteiger partial charge on any atom is 0.270 e. The van der Waals surface area contributed by atoms with E-state index in [0.29, 0.717) is 5.69 Å². The number of nitrogens with zero attached hydrogens (tertiary/aromatic N) is 1. The largest absolute Gasteiger partial charge is 0.273 e. The second kappa shape index (κ2) is 7.40. The quantitative estimate of drug-likeness (QED) is 0.795. The summed E-state index contributed by atoms with van der Waals surface area (Å²) in [6.07, 6.45) is 0.982.